The second-order valence-electron chi connectivity index (χ2n) is 3.94. The van der Waals surface area contributed by atoms with Crippen LogP contribution in [0.15, 0.2) is 22.7 Å². The average molecular weight is 274 g/mol. The zero-order valence-corrected chi connectivity index (χ0v) is 10.8. The fraction of sp³-hybridized carbons (Fsp3) is 0.500. The van der Waals surface area contributed by atoms with Gasteiger partial charge in [-0.1, -0.05) is 28.9 Å². The summed E-state index contributed by atoms with van der Waals surface area (Å²) in [4.78, 5) is 0. The molecule has 0 saturated carbocycles. The first-order chi connectivity index (χ1) is 7.13. The van der Waals surface area contributed by atoms with Crippen molar-refractivity contribution in [2.24, 2.45) is 5.92 Å². The van der Waals surface area contributed by atoms with E-state index in [0.717, 1.165) is 29.4 Å². The summed E-state index contributed by atoms with van der Waals surface area (Å²) in [7, 11) is 1.94. The van der Waals surface area contributed by atoms with Gasteiger partial charge in [0, 0.05) is 4.47 Å². The van der Waals surface area contributed by atoms with Gasteiger partial charge in [0.05, 0.1) is 0 Å². The normalized spacial score (nSPS) is 12.8. The van der Waals surface area contributed by atoms with E-state index in [0.29, 0.717) is 5.92 Å². The second kappa shape index (κ2) is 6.23. The fourth-order valence-electron chi connectivity index (χ4n) is 1.58. The van der Waals surface area contributed by atoms with E-state index in [1.807, 2.05) is 19.2 Å². The highest BCUT2D eigenvalue weighted by molar-refractivity contribution is 9.10. The number of aryl methyl sites for hydroxylation is 1. The third-order valence-electron chi connectivity index (χ3n) is 2.47. The van der Waals surface area contributed by atoms with E-state index in [2.05, 4.69) is 28.2 Å². The first kappa shape index (κ1) is 12.7. The highest BCUT2D eigenvalue weighted by atomic mass is 79.9. The van der Waals surface area contributed by atoms with Crippen molar-refractivity contribution in [3.8, 4) is 0 Å². The molecule has 0 radical (unpaired) electrons. The van der Waals surface area contributed by atoms with Gasteiger partial charge in [-0.15, -0.1) is 0 Å². The molecule has 0 aliphatic rings. The maximum atomic E-state index is 13.4. The zero-order valence-electron chi connectivity index (χ0n) is 9.19. The summed E-state index contributed by atoms with van der Waals surface area (Å²) in [6.45, 7) is 3.16. The molecular formula is C12H17BrFN. The Bertz CT molecular complexity index is 314. The lowest BCUT2D eigenvalue weighted by Crippen LogP contribution is -2.16. The second-order valence-corrected chi connectivity index (χ2v) is 4.85. The van der Waals surface area contributed by atoms with Crippen LogP contribution >= 0.6 is 15.9 Å². The number of halogens is 2. The van der Waals surface area contributed by atoms with E-state index in [1.165, 1.54) is 6.07 Å². The molecule has 1 aromatic carbocycles. The Kier molecular flexibility index (Phi) is 5.26. The van der Waals surface area contributed by atoms with Gasteiger partial charge in [-0.05, 0) is 50.0 Å². The average Bonchev–Trinajstić information content (AvgIpc) is 2.17. The Morgan fingerprint density at radius 2 is 2.20 bits per heavy atom. The molecule has 3 heteroatoms. The Morgan fingerprint density at radius 1 is 1.47 bits per heavy atom. The molecule has 1 atom stereocenters. The van der Waals surface area contributed by atoms with Crippen molar-refractivity contribution in [3.63, 3.8) is 0 Å². The molecule has 0 amide bonds. The summed E-state index contributed by atoms with van der Waals surface area (Å²) < 4.78 is 14.2. The Labute approximate surface area is 99.2 Å². The van der Waals surface area contributed by atoms with E-state index in [9.17, 15) is 4.39 Å². The maximum Gasteiger partial charge on any atom is 0.127 e. The number of nitrogens with one attached hydrogen (secondary N) is 1. The molecule has 84 valence electrons. The van der Waals surface area contributed by atoms with Crippen LogP contribution < -0.4 is 5.32 Å². The van der Waals surface area contributed by atoms with Crippen LogP contribution in [0.2, 0.25) is 0 Å². The fourth-order valence-corrected chi connectivity index (χ4v) is 1.91. The van der Waals surface area contributed by atoms with Crippen LogP contribution in [0, 0.1) is 11.7 Å². The number of rotatable bonds is 5. The van der Waals surface area contributed by atoms with E-state index in [1.54, 1.807) is 0 Å². The van der Waals surface area contributed by atoms with Crippen LogP contribution in [0.4, 0.5) is 4.39 Å². The molecule has 0 aromatic heterocycles. The van der Waals surface area contributed by atoms with Crippen molar-refractivity contribution in [2.75, 3.05) is 13.6 Å². The third kappa shape index (κ3) is 4.31. The van der Waals surface area contributed by atoms with Gasteiger partial charge in [0.2, 0.25) is 0 Å². The summed E-state index contributed by atoms with van der Waals surface area (Å²) in [5, 5.41) is 3.13. The molecule has 1 nitrogen and oxygen atoms in total. The summed E-state index contributed by atoms with van der Waals surface area (Å²) in [6.07, 6.45) is 1.82. The van der Waals surface area contributed by atoms with Crippen LogP contribution in [0.25, 0.3) is 0 Å². The monoisotopic (exact) mass is 273 g/mol. The standard InChI is InChI=1S/C12H17BrFN/c1-9(8-15-2)3-4-10-5-6-11(13)7-12(10)14/h5-7,9,15H,3-4,8H2,1-2H3. The van der Waals surface area contributed by atoms with Gasteiger partial charge in [0.15, 0.2) is 0 Å². The highest BCUT2D eigenvalue weighted by Crippen LogP contribution is 2.17. The minimum absolute atomic E-state index is 0.110. The zero-order chi connectivity index (χ0) is 11.3. The molecule has 1 aromatic rings. The Balaban J connectivity index is 2.50. The first-order valence-corrected chi connectivity index (χ1v) is 6.01. The van der Waals surface area contributed by atoms with Gasteiger partial charge in [-0.2, -0.15) is 0 Å². The van der Waals surface area contributed by atoms with Gasteiger partial charge in [0.25, 0.3) is 0 Å². The largest absolute Gasteiger partial charge is 0.319 e. The van der Waals surface area contributed by atoms with Gasteiger partial charge in [-0.3, -0.25) is 0 Å². The summed E-state index contributed by atoms with van der Waals surface area (Å²) >= 11 is 3.25. The summed E-state index contributed by atoms with van der Waals surface area (Å²) in [5.74, 6) is 0.471. The molecule has 0 aliphatic heterocycles. The molecule has 0 heterocycles. The van der Waals surface area contributed by atoms with E-state index in [-0.39, 0.29) is 5.82 Å². The van der Waals surface area contributed by atoms with Crippen molar-refractivity contribution in [1.29, 1.82) is 0 Å². The van der Waals surface area contributed by atoms with Crippen molar-refractivity contribution >= 4 is 15.9 Å². The predicted octanol–water partition coefficient (Wildman–Crippen LogP) is 3.38. The summed E-state index contributed by atoms with van der Waals surface area (Å²) in [6, 6.07) is 5.27. The lowest BCUT2D eigenvalue weighted by Gasteiger charge is -2.10. The summed E-state index contributed by atoms with van der Waals surface area (Å²) in [5.41, 5.74) is 0.807. The number of benzene rings is 1. The van der Waals surface area contributed by atoms with Gasteiger partial charge >= 0.3 is 0 Å². The predicted molar refractivity (Wildman–Crippen MR) is 65.5 cm³/mol. The highest BCUT2D eigenvalue weighted by Gasteiger charge is 2.05. The van der Waals surface area contributed by atoms with Gasteiger partial charge < -0.3 is 5.32 Å². The van der Waals surface area contributed by atoms with Crippen molar-refractivity contribution in [2.45, 2.75) is 19.8 Å². The third-order valence-corrected chi connectivity index (χ3v) is 2.97. The van der Waals surface area contributed by atoms with E-state index < -0.39 is 0 Å². The van der Waals surface area contributed by atoms with Crippen molar-refractivity contribution < 1.29 is 4.39 Å². The van der Waals surface area contributed by atoms with Gasteiger partial charge in [-0.25, -0.2) is 4.39 Å². The van der Waals surface area contributed by atoms with Crippen molar-refractivity contribution in [3.05, 3.63) is 34.1 Å². The SMILES string of the molecule is CNCC(C)CCc1ccc(Br)cc1F. The van der Waals surface area contributed by atoms with Crippen LogP contribution in [-0.4, -0.2) is 13.6 Å². The number of hydrogen-bond donors (Lipinski definition) is 1. The first-order valence-electron chi connectivity index (χ1n) is 5.22. The maximum absolute atomic E-state index is 13.4. The molecular weight excluding hydrogens is 257 g/mol. The molecule has 1 rings (SSSR count). The lowest BCUT2D eigenvalue weighted by molar-refractivity contribution is 0.496. The molecule has 0 saturated heterocycles. The smallest absolute Gasteiger partial charge is 0.127 e. The topological polar surface area (TPSA) is 12.0 Å². The molecule has 15 heavy (non-hydrogen) atoms. The van der Waals surface area contributed by atoms with Crippen LogP contribution in [0.3, 0.4) is 0 Å². The minimum Gasteiger partial charge on any atom is -0.319 e. The number of hydrogen-bond acceptors (Lipinski definition) is 1. The van der Waals surface area contributed by atoms with Gasteiger partial charge in [0.1, 0.15) is 5.82 Å². The Hall–Kier alpha value is -0.410. The molecule has 0 fully saturated rings. The van der Waals surface area contributed by atoms with Crippen LogP contribution in [0.1, 0.15) is 18.9 Å². The molecule has 0 aliphatic carbocycles. The molecule has 1 N–H and O–H groups in total. The van der Waals surface area contributed by atoms with Crippen LogP contribution in [0.5, 0.6) is 0 Å². The quantitative estimate of drug-likeness (QED) is 0.868. The molecule has 0 spiro atoms. The lowest BCUT2D eigenvalue weighted by atomic mass is 10.0. The molecule has 0 bridgehead atoms. The molecule has 1 unspecified atom stereocenters. The van der Waals surface area contributed by atoms with Crippen molar-refractivity contribution in [1.82, 2.24) is 5.32 Å². The minimum atomic E-state index is -0.110. The van der Waals surface area contributed by atoms with E-state index >= 15 is 0 Å². The Morgan fingerprint density at radius 3 is 2.80 bits per heavy atom. The van der Waals surface area contributed by atoms with E-state index in [4.69, 9.17) is 0 Å². The van der Waals surface area contributed by atoms with Crippen LogP contribution in [-0.2, 0) is 6.42 Å².